The van der Waals surface area contributed by atoms with Crippen molar-refractivity contribution in [2.24, 2.45) is 0 Å². The SMILES string of the molecule is Cc1c(-c2ccc(NS(C)(=O)=O)cc2)n[nH]c1C1(c2ccc(F)cc2)CC1. The molecule has 0 atom stereocenters. The Morgan fingerprint density at radius 1 is 1.07 bits per heavy atom. The number of hydrogen-bond acceptors (Lipinski definition) is 3. The molecular formula is C20H20FN3O2S. The second kappa shape index (κ2) is 6.20. The number of aromatic amines is 1. The van der Waals surface area contributed by atoms with Crippen molar-refractivity contribution in [3.63, 3.8) is 0 Å². The second-order valence-corrected chi connectivity index (χ2v) is 8.86. The summed E-state index contributed by atoms with van der Waals surface area (Å²) in [7, 11) is -3.30. The van der Waals surface area contributed by atoms with E-state index in [-0.39, 0.29) is 11.2 Å². The molecule has 0 amide bonds. The molecule has 0 saturated heterocycles. The van der Waals surface area contributed by atoms with E-state index in [2.05, 4.69) is 14.9 Å². The Bertz CT molecular complexity index is 1080. The van der Waals surface area contributed by atoms with Gasteiger partial charge in [0.25, 0.3) is 0 Å². The number of aromatic nitrogens is 2. The smallest absolute Gasteiger partial charge is 0.229 e. The molecule has 1 fully saturated rings. The average molecular weight is 385 g/mol. The third-order valence-corrected chi connectivity index (χ3v) is 5.70. The number of nitrogens with zero attached hydrogens (tertiary/aromatic N) is 1. The van der Waals surface area contributed by atoms with Gasteiger partial charge in [-0.25, -0.2) is 12.8 Å². The summed E-state index contributed by atoms with van der Waals surface area (Å²) in [6, 6.07) is 13.8. The Hall–Kier alpha value is -2.67. The molecule has 1 aliphatic rings. The van der Waals surface area contributed by atoms with E-state index in [1.54, 1.807) is 12.1 Å². The van der Waals surface area contributed by atoms with Crippen LogP contribution in [0, 0.1) is 12.7 Å². The predicted octanol–water partition coefficient (Wildman–Crippen LogP) is 3.98. The molecule has 1 aliphatic carbocycles. The van der Waals surface area contributed by atoms with Gasteiger partial charge in [0.15, 0.2) is 0 Å². The molecule has 140 valence electrons. The molecule has 7 heteroatoms. The van der Waals surface area contributed by atoms with E-state index in [1.165, 1.54) is 12.1 Å². The highest BCUT2D eigenvalue weighted by molar-refractivity contribution is 7.92. The summed E-state index contributed by atoms with van der Waals surface area (Å²) >= 11 is 0. The number of H-pyrrole nitrogens is 1. The van der Waals surface area contributed by atoms with Crippen molar-refractivity contribution < 1.29 is 12.8 Å². The van der Waals surface area contributed by atoms with E-state index in [0.717, 1.165) is 47.2 Å². The van der Waals surface area contributed by atoms with E-state index in [9.17, 15) is 12.8 Å². The first-order chi connectivity index (χ1) is 12.8. The zero-order valence-electron chi connectivity index (χ0n) is 15.1. The normalized spacial score (nSPS) is 15.5. The molecule has 0 spiro atoms. The van der Waals surface area contributed by atoms with Crippen LogP contribution in [0.2, 0.25) is 0 Å². The number of rotatable bonds is 5. The van der Waals surface area contributed by atoms with Gasteiger partial charge in [0, 0.05) is 22.4 Å². The maximum atomic E-state index is 13.3. The Labute approximate surface area is 157 Å². The van der Waals surface area contributed by atoms with Gasteiger partial charge in [-0.1, -0.05) is 24.3 Å². The second-order valence-electron chi connectivity index (χ2n) is 7.11. The number of anilines is 1. The molecule has 2 aromatic carbocycles. The van der Waals surface area contributed by atoms with Crippen LogP contribution in [0.25, 0.3) is 11.3 Å². The monoisotopic (exact) mass is 385 g/mol. The fourth-order valence-electron chi connectivity index (χ4n) is 3.63. The zero-order valence-corrected chi connectivity index (χ0v) is 15.9. The third-order valence-electron chi connectivity index (χ3n) is 5.10. The highest BCUT2D eigenvalue weighted by Crippen LogP contribution is 2.54. The van der Waals surface area contributed by atoms with Crippen LogP contribution >= 0.6 is 0 Å². The molecule has 1 aromatic heterocycles. The van der Waals surface area contributed by atoms with Gasteiger partial charge < -0.3 is 0 Å². The number of sulfonamides is 1. The summed E-state index contributed by atoms with van der Waals surface area (Å²) in [4.78, 5) is 0. The summed E-state index contributed by atoms with van der Waals surface area (Å²) in [6.45, 7) is 2.03. The molecule has 4 rings (SSSR count). The van der Waals surface area contributed by atoms with Crippen LogP contribution in [-0.4, -0.2) is 24.9 Å². The lowest BCUT2D eigenvalue weighted by Gasteiger charge is -2.15. The van der Waals surface area contributed by atoms with Crippen LogP contribution < -0.4 is 4.72 Å². The molecule has 3 aromatic rings. The molecule has 27 heavy (non-hydrogen) atoms. The quantitative estimate of drug-likeness (QED) is 0.698. The van der Waals surface area contributed by atoms with Crippen LogP contribution in [0.1, 0.15) is 29.7 Å². The van der Waals surface area contributed by atoms with E-state index >= 15 is 0 Å². The molecular weight excluding hydrogens is 365 g/mol. The van der Waals surface area contributed by atoms with Crippen molar-refractivity contribution in [2.75, 3.05) is 11.0 Å². The molecule has 1 heterocycles. The minimum Gasteiger partial charge on any atom is -0.284 e. The van der Waals surface area contributed by atoms with E-state index in [0.29, 0.717) is 5.69 Å². The van der Waals surface area contributed by atoms with Crippen molar-refractivity contribution in [2.45, 2.75) is 25.2 Å². The van der Waals surface area contributed by atoms with Gasteiger partial charge in [0.2, 0.25) is 10.0 Å². The summed E-state index contributed by atoms with van der Waals surface area (Å²) in [5.41, 5.74) is 5.34. The van der Waals surface area contributed by atoms with Gasteiger partial charge in [-0.3, -0.25) is 9.82 Å². The number of benzene rings is 2. The molecule has 0 aliphatic heterocycles. The summed E-state index contributed by atoms with van der Waals surface area (Å²) in [6.07, 6.45) is 3.12. The summed E-state index contributed by atoms with van der Waals surface area (Å²) in [5.74, 6) is -0.237. The van der Waals surface area contributed by atoms with Crippen molar-refractivity contribution >= 4 is 15.7 Å². The van der Waals surface area contributed by atoms with Crippen molar-refractivity contribution in [1.82, 2.24) is 10.2 Å². The Kier molecular flexibility index (Phi) is 4.07. The summed E-state index contributed by atoms with van der Waals surface area (Å²) in [5, 5.41) is 7.69. The number of nitrogens with one attached hydrogen (secondary N) is 2. The van der Waals surface area contributed by atoms with E-state index in [1.807, 2.05) is 31.2 Å². The van der Waals surface area contributed by atoms with Crippen LogP contribution in [0.15, 0.2) is 48.5 Å². The van der Waals surface area contributed by atoms with Gasteiger partial charge in [0.05, 0.1) is 11.9 Å². The van der Waals surface area contributed by atoms with Gasteiger partial charge >= 0.3 is 0 Å². The first-order valence-electron chi connectivity index (χ1n) is 8.68. The van der Waals surface area contributed by atoms with Crippen LogP contribution in [0.3, 0.4) is 0 Å². The van der Waals surface area contributed by atoms with Crippen molar-refractivity contribution in [3.8, 4) is 11.3 Å². The fourth-order valence-corrected chi connectivity index (χ4v) is 4.20. The topological polar surface area (TPSA) is 74.8 Å². The molecule has 0 unspecified atom stereocenters. The minimum absolute atomic E-state index is 0.124. The van der Waals surface area contributed by atoms with Crippen molar-refractivity contribution in [1.29, 1.82) is 0 Å². The van der Waals surface area contributed by atoms with Crippen LogP contribution in [0.5, 0.6) is 0 Å². The standard InChI is InChI=1S/C20H20FN3O2S/c1-13-18(14-3-9-17(10-4-14)24-27(2,25)26)22-23-19(13)20(11-12-20)15-5-7-16(21)8-6-15/h3-10,24H,11-12H2,1-2H3,(H,22,23). The van der Waals surface area contributed by atoms with E-state index < -0.39 is 10.0 Å². The highest BCUT2D eigenvalue weighted by Gasteiger charge is 2.48. The van der Waals surface area contributed by atoms with Crippen LogP contribution in [0.4, 0.5) is 10.1 Å². The van der Waals surface area contributed by atoms with Crippen LogP contribution in [-0.2, 0) is 15.4 Å². The van der Waals surface area contributed by atoms with Gasteiger partial charge in [-0.15, -0.1) is 0 Å². The van der Waals surface area contributed by atoms with E-state index in [4.69, 9.17) is 0 Å². The first kappa shape index (κ1) is 17.7. The zero-order chi connectivity index (χ0) is 19.2. The number of hydrogen-bond donors (Lipinski definition) is 2. The lowest BCUT2D eigenvalue weighted by molar-refractivity contribution is 0.607. The fraction of sp³-hybridized carbons (Fsp3) is 0.250. The Balaban J connectivity index is 1.66. The largest absolute Gasteiger partial charge is 0.284 e. The maximum Gasteiger partial charge on any atom is 0.229 e. The average Bonchev–Trinajstić information content (AvgIpc) is 3.32. The predicted molar refractivity (Wildman–Crippen MR) is 104 cm³/mol. The number of halogens is 1. The van der Waals surface area contributed by atoms with Gasteiger partial charge in [0.1, 0.15) is 5.82 Å². The maximum absolute atomic E-state index is 13.3. The molecule has 1 saturated carbocycles. The van der Waals surface area contributed by atoms with Gasteiger partial charge in [-0.05, 0) is 55.2 Å². The molecule has 0 bridgehead atoms. The Morgan fingerprint density at radius 3 is 2.26 bits per heavy atom. The summed E-state index contributed by atoms with van der Waals surface area (Å²) < 4.78 is 38.4. The highest BCUT2D eigenvalue weighted by atomic mass is 32.2. The first-order valence-corrected chi connectivity index (χ1v) is 10.6. The molecule has 2 N–H and O–H groups in total. The van der Waals surface area contributed by atoms with Gasteiger partial charge in [-0.2, -0.15) is 5.10 Å². The lowest BCUT2D eigenvalue weighted by Crippen LogP contribution is -2.11. The Morgan fingerprint density at radius 2 is 1.70 bits per heavy atom. The molecule has 5 nitrogen and oxygen atoms in total. The third kappa shape index (κ3) is 3.35. The minimum atomic E-state index is -3.30. The van der Waals surface area contributed by atoms with Crippen molar-refractivity contribution in [3.05, 3.63) is 71.2 Å². The lowest BCUT2D eigenvalue weighted by atomic mass is 9.89. The molecule has 0 radical (unpaired) electrons.